The van der Waals surface area contributed by atoms with Crippen molar-refractivity contribution in [1.29, 1.82) is 0 Å². The summed E-state index contributed by atoms with van der Waals surface area (Å²) in [4.78, 5) is 24.6. The van der Waals surface area contributed by atoms with Crippen LogP contribution in [0.4, 0.5) is 11.4 Å². The van der Waals surface area contributed by atoms with Gasteiger partial charge in [0.15, 0.2) is 17.1 Å². The highest BCUT2D eigenvalue weighted by molar-refractivity contribution is 5.99. The Morgan fingerprint density at radius 3 is 2.55 bits per heavy atom. The highest BCUT2D eigenvalue weighted by Gasteiger charge is 2.56. The molecule has 9 heteroatoms. The van der Waals surface area contributed by atoms with Gasteiger partial charge in [-0.05, 0) is 18.2 Å². The highest BCUT2D eigenvalue weighted by atomic mass is 16.6. The summed E-state index contributed by atoms with van der Waals surface area (Å²) >= 11 is 0. The number of ether oxygens (including phenoxy) is 3. The number of benzene rings is 3. The lowest BCUT2D eigenvalue weighted by Crippen LogP contribution is -2.34. The number of anilines is 2. The molecule has 0 bridgehead atoms. The average Bonchev–Trinajstić information content (AvgIpc) is 3.02. The van der Waals surface area contributed by atoms with Gasteiger partial charge in [-0.1, -0.05) is 18.2 Å². The van der Waals surface area contributed by atoms with Gasteiger partial charge in [-0.25, -0.2) is 4.79 Å². The van der Waals surface area contributed by atoms with E-state index < -0.39 is 23.3 Å². The second-order valence-electron chi connectivity index (χ2n) is 7.20. The summed E-state index contributed by atoms with van der Waals surface area (Å²) in [6.45, 7) is 1.14. The van der Waals surface area contributed by atoms with Crippen LogP contribution in [0.25, 0.3) is 0 Å². The predicted molar refractivity (Wildman–Crippen MR) is 108 cm³/mol. The number of rotatable bonds is 1. The maximum Gasteiger partial charge on any atom is 0.340 e. The third-order valence-electron chi connectivity index (χ3n) is 5.39. The molecule has 2 aliphatic heterocycles. The van der Waals surface area contributed by atoms with Gasteiger partial charge in [-0.2, -0.15) is 0 Å². The second-order valence-corrected chi connectivity index (χ2v) is 7.20. The van der Waals surface area contributed by atoms with E-state index in [0.717, 1.165) is 6.92 Å². The molecule has 0 aliphatic carbocycles. The molecule has 9 nitrogen and oxygen atoms in total. The predicted octanol–water partition coefficient (Wildman–Crippen LogP) is 2.76. The molecule has 1 atom stereocenters. The average molecular weight is 420 g/mol. The standard InChI is InChI=1S/C22H16N2O7/c1-9(25)29-20-18(27)17(24)16(23)15-19(20)30-14-8-10(26)6-7-13(14)22(15)12-5-3-2-4-11(12)21(28)31-22/h2-8,26-27H,23-24H2,1H3. The lowest BCUT2D eigenvalue weighted by molar-refractivity contribution is -0.132. The SMILES string of the molecule is CC(=O)Oc1c(O)c(N)c(N)c2c1Oc1cc(O)ccc1C21OC(=O)c2ccccc21. The minimum absolute atomic E-state index is 0.105. The number of phenols is 2. The van der Waals surface area contributed by atoms with Gasteiger partial charge in [-0.3, -0.25) is 4.79 Å². The Hall–Kier alpha value is -4.40. The third kappa shape index (κ3) is 2.31. The minimum atomic E-state index is -1.61. The number of hydrogen-bond donors (Lipinski definition) is 4. The van der Waals surface area contributed by atoms with Crippen molar-refractivity contribution in [3.63, 3.8) is 0 Å². The van der Waals surface area contributed by atoms with Crippen LogP contribution in [0.1, 0.15) is 34.0 Å². The maximum absolute atomic E-state index is 12.8. The van der Waals surface area contributed by atoms with E-state index in [1.165, 1.54) is 18.2 Å². The van der Waals surface area contributed by atoms with Crippen LogP contribution in [0.2, 0.25) is 0 Å². The van der Waals surface area contributed by atoms with Crippen LogP contribution in [0.3, 0.4) is 0 Å². The van der Waals surface area contributed by atoms with Gasteiger partial charge < -0.3 is 35.9 Å². The number of fused-ring (bicyclic) bond motifs is 6. The molecule has 3 aromatic rings. The molecule has 0 radical (unpaired) electrons. The molecule has 2 heterocycles. The number of esters is 2. The fourth-order valence-electron chi connectivity index (χ4n) is 4.15. The van der Waals surface area contributed by atoms with Gasteiger partial charge in [0.25, 0.3) is 0 Å². The smallest absolute Gasteiger partial charge is 0.340 e. The van der Waals surface area contributed by atoms with Crippen LogP contribution in [0.5, 0.6) is 28.7 Å². The van der Waals surface area contributed by atoms with Crippen molar-refractivity contribution < 1.29 is 34.0 Å². The molecule has 0 fully saturated rings. The molecule has 3 aromatic carbocycles. The van der Waals surface area contributed by atoms with Crippen molar-refractivity contribution in [3.05, 3.63) is 64.7 Å². The van der Waals surface area contributed by atoms with Crippen LogP contribution < -0.4 is 20.9 Å². The number of hydrogen-bond acceptors (Lipinski definition) is 9. The topological polar surface area (TPSA) is 154 Å². The first-order chi connectivity index (χ1) is 14.8. The Labute approximate surface area is 175 Å². The van der Waals surface area contributed by atoms with Gasteiger partial charge in [0.05, 0.1) is 16.8 Å². The molecule has 31 heavy (non-hydrogen) atoms. The Balaban J connectivity index is 1.96. The van der Waals surface area contributed by atoms with Crippen molar-refractivity contribution in [2.24, 2.45) is 0 Å². The summed E-state index contributed by atoms with van der Waals surface area (Å²) < 4.78 is 17.0. The molecule has 0 amide bonds. The molecule has 0 saturated carbocycles. The van der Waals surface area contributed by atoms with Gasteiger partial charge in [0.1, 0.15) is 17.2 Å². The van der Waals surface area contributed by atoms with Crippen LogP contribution in [0.15, 0.2) is 42.5 Å². The lowest BCUT2D eigenvalue weighted by Gasteiger charge is -2.38. The first-order valence-corrected chi connectivity index (χ1v) is 9.22. The summed E-state index contributed by atoms with van der Waals surface area (Å²) in [5, 5.41) is 20.6. The van der Waals surface area contributed by atoms with E-state index in [1.807, 2.05) is 0 Å². The summed E-state index contributed by atoms with van der Waals surface area (Å²) in [5.74, 6) is -2.47. The molecule has 2 aliphatic rings. The molecular formula is C22H16N2O7. The van der Waals surface area contributed by atoms with Gasteiger partial charge in [0, 0.05) is 24.1 Å². The zero-order chi connectivity index (χ0) is 22.1. The quantitative estimate of drug-likeness (QED) is 0.201. The van der Waals surface area contributed by atoms with Gasteiger partial charge >= 0.3 is 11.9 Å². The minimum Gasteiger partial charge on any atom is -0.508 e. The Morgan fingerprint density at radius 2 is 1.81 bits per heavy atom. The Morgan fingerprint density at radius 1 is 1.06 bits per heavy atom. The Kier molecular flexibility index (Phi) is 3.63. The van der Waals surface area contributed by atoms with Crippen LogP contribution in [-0.4, -0.2) is 22.2 Å². The van der Waals surface area contributed by atoms with Crippen molar-refractivity contribution in [3.8, 4) is 28.7 Å². The normalized spacial score (nSPS) is 17.9. The monoisotopic (exact) mass is 420 g/mol. The van der Waals surface area contributed by atoms with Crippen LogP contribution in [0, 0.1) is 0 Å². The van der Waals surface area contributed by atoms with E-state index in [0.29, 0.717) is 16.7 Å². The summed E-state index contributed by atoms with van der Waals surface area (Å²) in [5.41, 5.74) is 11.6. The first kappa shape index (κ1) is 18.6. The first-order valence-electron chi connectivity index (χ1n) is 9.22. The molecule has 0 aromatic heterocycles. The van der Waals surface area contributed by atoms with Crippen LogP contribution in [-0.2, 0) is 15.1 Å². The molecule has 1 spiro atoms. The molecule has 0 saturated heterocycles. The number of aromatic hydroxyl groups is 2. The van der Waals surface area contributed by atoms with Crippen molar-refractivity contribution >= 4 is 23.3 Å². The highest BCUT2D eigenvalue weighted by Crippen LogP contribution is 2.63. The fraction of sp³-hybridized carbons (Fsp3) is 0.0909. The summed E-state index contributed by atoms with van der Waals surface area (Å²) in [7, 11) is 0. The second kappa shape index (κ2) is 6.05. The largest absolute Gasteiger partial charge is 0.508 e. The van der Waals surface area contributed by atoms with Crippen molar-refractivity contribution in [2.75, 3.05) is 11.5 Å². The van der Waals surface area contributed by atoms with Gasteiger partial charge in [-0.15, -0.1) is 0 Å². The lowest BCUT2D eigenvalue weighted by atomic mass is 9.76. The number of carbonyl (C=O) groups is 2. The molecule has 1 unspecified atom stereocenters. The molecular weight excluding hydrogens is 404 g/mol. The molecule has 6 N–H and O–H groups in total. The van der Waals surface area contributed by atoms with E-state index in [4.69, 9.17) is 25.7 Å². The third-order valence-corrected chi connectivity index (χ3v) is 5.39. The van der Waals surface area contributed by atoms with Crippen molar-refractivity contribution in [1.82, 2.24) is 0 Å². The molecule has 156 valence electrons. The summed E-state index contributed by atoms with van der Waals surface area (Å²) in [6, 6.07) is 11.0. The van der Waals surface area contributed by atoms with E-state index in [9.17, 15) is 19.8 Å². The Bertz CT molecular complexity index is 1320. The van der Waals surface area contributed by atoms with E-state index in [2.05, 4.69) is 0 Å². The number of nitrogen functional groups attached to an aromatic ring is 2. The number of carbonyl (C=O) groups excluding carboxylic acids is 2. The number of nitrogens with two attached hydrogens (primary N) is 2. The zero-order valence-corrected chi connectivity index (χ0v) is 16.1. The van der Waals surface area contributed by atoms with E-state index in [-0.39, 0.29) is 39.9 Å². The van der Waals surface area contributed by atoms with Crippen molar-refractivity contribution in [2.45, 2.75) is 12.5 Å². The number of phenolic OH excluding ortho intramolecular Hbond substituents is 2. The fourth-order valence-corrected chi connectivity index (χ4v) is 4.15. The maximum atomic E-state index is 12.8. The van der Waals surface area contributed by atoms with Gasteiger partial charge in [0.2, 0.25) is 5.75 Å². The zero-order valence-electron chi connectivity index (χ0n) is 16.1. The van der Waals surface area contributed by atoms with E-state index >= 15 is 0 Å². The van der Waals surface area contributed by atoms with Crippen LogP contribution >= 0.6 is 0 Å². The van der Waals surface area contributed by atoms with E-state index in [1.54, 1.807) is 24.3 Å². The molecule has 5 rings (SSSR count). The summed E-state index contributed by atoms with van der Waals surface area (Å²) in [6.07, 6.45) is 0.